The number of halogens is 3. The molecule has 2 N–H and O–H groups in total. The number of aromatic nitrogens is 1. The summed E-state index contributed by atoms with van der Waals surface area (Å²) in [5.74, 6) is -1.21. The fourth-order valence-electron chi connectivity index (χ4n) is 1.07. The van der Waals surface area contributed by atoms with Crippen LogP contribution in [-0.2, 0) is 10.9 Å². The minimum atomic E-state index is -4.58. The number of anilines is 1. The predicted molar refractivity (Wildman–Crippen MR) is 54.2 cm³/mol. The molecule has 0 spiro atoms. The summed E-state index contributed by atoms with van der Waals surface area (Å²) in [7, 11) is 0. The molecular weight excluding hydrogens is 237 g/mol. The monoisotopic (exact) mass is 248 g/mol. The van der Waals surface area contributed by atoms with Crippen molar-refractivity contribution in [1.29, 1.82) is 0 Å². The van der Waals surface area contributed by atoms with Crippen LogP contribution < -0.4 is 5.73 Å². The Hall–Kier alpha value is -1.79. The molecule has 0 fully saturated rings. The van der Waals surface area contributed by atoms with Gasteiger partial charge in [-0.25, -0.2) is 9.78 Å². The molecule has 0 aliphatic carbocycles. The number of carbonyl (C=O) groups is 1. The molecule has 0 amide bonds. The number of esters is 1. The summed E-state index contributed by atoms with van der Waals surface area (Å²) in [6, 6.07) is 0.632. The second-order valence-electron chi connectivity index (χ2n) is 3.61. The van der Waals surface area contributed by atoms with E-state index < -0.39 is 23.8 Å². The fraction of sp³-hybridized carbons (Fsp3) is 0.400. The number of alkyl halides is 3. The molecule has 1 aromatic rings. The van der Waals surface area contributed by atoms with Crippen molar-refractivity contribution in [2.24, 2.45) is 0 Å². The van der Waals surface area contributed by atoms with Gasteiger partial charge in [-0.2, -0.15) is 13.2 Å². The van der Waals surface area contributed by atoms with Crippen LogP contribution in [0.25, 0.3) is 0 Å². The first-order valence-electron chi connectivity index (χ1n) is 4.75. The van der Waals surface area contributed by atoms with Crippen LogP contribution in [0.5, 0.6) is 0 Å². The number of ether oxygens (including phenoxy) is 1. The van der Waals surface area contributed by atoms with Crippen LogP contribution in [-0.4, -0.2) is 17.1 Å². The van der Waals surface area contributed by atoms with Crippen molar-refractivity contribution in [3.63, 3.8) is 0 Å². The Balaban J connectivity index is 3.11. The SMILES string of the molecule is CC(C)OC(=O)c1cc(C(F)(F)F)cnc1N. The maximum absolute atomic E-state index is 12.4. The van der Waals surface area contributed by atoms with Crippen molar-refractivity contribution in [1.82, 2.24) is 4.98 Å². The van der Waals surface area contributed by atoms with Gasteiger partial charge in [0.25, 0.3) is 0 Å². The van der Waals surface area contributed by atoms with Crippen LogP contribution in [0, 0.1) is 0 Å². The first kappa shape index (κ1) is 13.3. The van der Waals surface area contributed by atoms with E-state index in [0.29, 0.717) is 12.3 Å². The van der Waals surface area contributed by atoms with Crippen molar-refractivity contribution in [2.75, 3.05) is 5.73 Å². The van der Waals surface area contributed by atoms with E-state index in [2.05, 4.69) is 4.98 Å². The van der Waals surface area contributed by atoms with E-state index in [1.165, 1.54) is 0 Å². The van der Waals surface area contributed by atoms with Crippen LogP contribution >= 0.6 is 0 Å². The van der Waals surface area contributed by atoms with Crippen LogP contribution in [0.15, 0.2) is 12.3 Å². The lowest BCUT2D eigenvalue weighted by atomic mass is 10.2. The van der Waals surface area contributed by atoms with Gasteiger partial charge in [-0.15, -0.1) is 0 Å². The van der Waals surface area contributed by atoms with Gasteiger partial charge < -0.3 is 10.5 Å². The minimum Gasteiger partial charge on any atom is -0.459 e. The zero-order valence-corrected chi connectivity index (χ0v) is 9.21. The molecule has 7 heteroatoms. The summed E-state index contributed by atoms with van der Waals surface area (Å²) in [6.45, 7) is 3.16. The Morgan fingerprint density at radius 2 is 2.06 bits per heavy atom. The van der Waals surface area contributed by atoms with Crippen molar-refractivity contribution in [2.45, 2.75) is 26.1 Å². The zero-order chi connectivity index (χ0) is 13.2. The Morgan fingerprint density at radius 3 is 2.53 bits per heavy atom. The van der Waals surface area contributed by atoms with Crippen molar-refractivity contribution < 1.29 is 22.7 Å². The summed E-state index contributed by atoms with van der Waals surface area (Å²) in [5, 5.41) is 0. The molecule has 0 atom stereocenters. The van der Waals surface area contributed by atoms with E-state index in [-0.39, 0.29) is 11.4 Å². The predicted octanol–water partition coefficient (Wildman–Crippen LogP) is 2.25. The molecule has 0 aliphatic rings. The van der Waals surface area contributed by atoms with Crippen molar-refractivity contribution >= 4 is 11.8 Å². The van der Waals surface area contributed by atoms with Gasteiger partial charge in [-0.3, -0.25) is 0 Å². The molecule has 1 heterocycles. The third kappa shape index (κ3) is 3.33. The standard InChI is InChI=1S/C10H11F3N2O2/c1-5(2)17-9(16)7-3-6(10(11,12)13)4-15-8(7)14/h3-5H,1-2H3,(H2,14,15). The number of nitrogen functional groups attached to an aromatic ring is 1. The maximum atomic E-state index is 12.4. The van der Waals surface area contributed by atoms with Gasteiger partial charge in [0.05, 0.1) is 11.7 Å². The van der Waals surface area contributed by atoms with Gasteiger partial charge in [0, 0.05) is 6.20 Å². The van der Waals surface area contributed by atoms with Crippen molar-refractivity contribution in [3.8, 4) is 0 Å². The molecule has 0 saturated heterocycles. The quantitative estimate of drug-likeness (QED) is 0.815. The topological polar surface area (TPSA) is 65.2 Å². The summed E-state index contributed by atoms with van der Waals surface area (Å²) >= 11 is 0. The van der Waals surface area contributed by atoms with Crippen LogP contribution in [0.1, 0.15) is 29.8 Å². The Morgan fingerprint density at radius 1 is 1.47 bits per heavy atom. The summed E-state index contributed by atoms with van der Waals surface area (Å²) in [6.07, 6.45) is -4.45. The lowest BCUT2D eigenvalue weighted by Crippen LogP contribution is -2.16. The highest BCUT2D eigenvalue weighted by atomic mass is 19.4. The van der Waals surface area contributed by atoms with E-state index in [1.807, 2.05) is 0 Å². The molecule has 0 aliphatic heterocycles. The number of carbonyl (C=O) groups excluding carboxylic acids is 1. The summed E-state index contributed by atoms with van der Waals surface area (Å²) < 4.78 is 41.9. The molecule has 4 nitrogen and oxygen atoms in total. The Kier molecular flexibility index (Phi) is 3.59. The van der Waals surface area contributed by atoms with Crippen LogP contribution in [0.3, 0.4) is 0 Å². The number of hydrogen-bond donors (Lipinski definition) is 1. The van der Waals surface area contributed by atoms with Gasteiger partial charge in [-0.05, 0) is 19.9 Å². The summed E-state index contributed by atoms with van der Waals surface area (Å²) in [4.78, 5) is 14.8. The number of nitrogens with zero attached hydrogens (tertiary/aromatic N) is 1. The molecule has 1 rings (SSSR count). The zero-order valence-electron chi connectivity index (χ0n) is 9.21. The second kappa shape index (κ2) is 4.60. The van der Waals surface area contributed by atoms with E-state index >= 15 is 0 Å². The van der Waals surface area contributed by atoms with E-state index in [0.717, 1.165) is 0 Å². The maximum Gasteiger partial charge on any atom is 0.417 e. The largest absolute Gasteiger partial charge is 0.459 e. The van der Waals surface area contributed by atoms with Crippen LogP contribution in [0.4, 0.5) is 19.0 Å². The molecule has 0 unspecified atom stereocenters. The normalized spacial score (nSPS) is 11.6. The average molecular weight is 248 g/mol. The van der Waals surface area contributed by atoms with Crippen LogP contribution in [0.2, 0.25) is 0 Å². The first-order valence-corrected chi connectivity index (χ1v) is 4.75. The molecule has 0 bridgehead atoms. The second-order valence-corrected chi connectivity index (χ2v) is 3.61. The third-order valence-corrected chi connectivity index (χ3v) is 1.81. The molecule has 17 heavy (non-hydrogen) atoms. The number of nitrogens with two attached hydrogens (primary N) is 1. The van der Waals surface area contributed by atoms with E-state index in [9.17, 15) is 18.0 Å². The smallest absolute Gasteiger partial charge is 0.417 e. The number of pyridine rings is 1. The molecule has 1 aromatic heterocycles. The van der Waals surface area contributed by atoms with Gasteiger partial charge in [0.1, 0.15) is 11.4 Å². The third-order valence-electron chi connectivity index (χ3n) is 1.81. The molecule has 0 saturated carbocycles. The van der Waals surface area contributed by atoms with Gasteiger partial charge in [-0.1, -0.05) is 0 Å². The van der Waals surface area contributed by atoms with Gasteiger partial charge in [0.15, 0.2) is 0 Å². The fourth-order valence-corrected chi connectivity index (χ4v) is 1.07. The molecule has 0 aromatic carbocycles. The van der Waals surface area contributed by atoms with E-state index in [4.69, 9.17) is 10.5 Å². The van der Waals surface area contributed by atoms with E-state index in [1.54, 1.807) is 13.8 Å². The molecular formula is C10H11F3N2O2. The molecule has 94 valence electrons. The number of rotatable bonds is 2. The highest BCUT2D eigenvalue weighted by Crippen LogP contribution is 2.30. The lowest BCUT2D eigenvalue weighted by molar-refractivity contribution is -0.137. The minimum absolute atomic E-state index is 0.288. The van der Waals surface area contributed by atoms with Crippen molar-refractivity contribution in [3.05, 3.63) is 23.4 Å². The van der Waals surface area contributed by atoms with Gasteiger partial charge >= 0.3 is 12.1 Å². The lowest BCUT2D eigenvalue weighted by Gasteiger charge is -2.11. The molecule has 0 radical (unpaired) electrons. The highest BCUT2D eigenvalue weighted by Gasteiger charge is 2.32. The first-order chi connectivity index (χ1) is 7.71. The Labute approximate surface area is 95.6 Å². The Bertz CT molecular complexity index is 430. The average Bonchev–Trinajstić information content (AvgIpc) is 2.15. The number of hydrogen-bond acceptors (Lipinski definition) is 4. The summed E-state index contributed by atoms with van der Waals surface area (Å²) in [5.41, 5.74) is 3.91. The highest BCUT2D eigenvalue weighted by molar-refractivity contribution is 5.94. The van der Waals surface area contributed by atoms with Gasteiger partial charge in [0.2, 0.25) is 0 Å².